The van der Waals surface area contributed by atoms with E-state index in [1.54, 1.807) is 6.92 Å². The van der Waals surface area contributed by atoms with Crippen LogP contribution in [0.3, 0.4) is 0 Å². The predicted molar refractivity (Wildman–Crippen MR) is 61.2 cm³/mol. The summed E-state index contributed by atoms with van der Waals surface area (Å²) in [6.45, 7) is 2.27. The van der Waals surface area contributed by atoms with Gasteiger partial charge in [0.1, 0.15) is 0 Å². The molecule has 4 heteroatoms. The van der Waals surface area contributed by atoms with Crippen LogP contribution in [0.15, 0.2) is 24.3 Å². The standard InChI is InChI=1S/C11H17N3O/c1-8(12)11(15)14-7-6-9-2-4-10(13)5-3-9/h2-5,8H,6-7,12-13H2,1H3,(H,14,15). The third-order valence-electron chi connectivity index (χ3n) is 2.11. The number of nitrogen functional groups attached to an aromatic ring is 1. The summed E-state index contributed by atoms with van der Waals surface area (Å²) in [5, 5.41) is 2.75. The lowest BCUT2D eigenvalue weighted by atomic mass is 10.1. The summed E-state index contributed by atoms with van der Waals surface area (Å²) >= 11 is 0. The van der Waals surface area contributed by atoms with Crippen LogP contribution in [0.25, 0.3) is 0 Å². The highest BCUT2D eigenvalue weighted by Crippen LogP contribution is 2.05. The minimum absolute atomic E-state index is 0.120. The molecule has 0 fully saturated rings. The van der Waals surface area contributed by atoms with Crippen molar-refractivity contribution >= 4 is 11.6 Å². The number of hydrogen-bond acceptors (Lipinski definition) is 3. The molecule has 5 N–H and O–H groups in total. The normalized spacial score (nSPS) is 12.1. The van der Waals surface area contributed by atoms with Gasteiger partial charge in [-0.25, -0.2) is 0 Å². The maximum absolute atomic E-state index is 11.1. The molecule has 0 saturated heterocycles. The van der Waals surface area contributed by atoms with Gasteiger partial charge < -0.3 is 16.8 Å². The molecule has 1 unspecified atom stereocenters. The largest absolute Gasteiger partial charge is 0.399 e. The summed E-state index contributed by atoms with van der Waals surface area (Å²) in [5.41, 5.74) is 12.9. The average Bonchev–Trinajstić information content (AvgIpc) is 2.20. The second kappa shape index (κ2) is 5.36. The molecule has 0 aliphatic carbocycles. The highest BCUT2D eigenvalue weighted by molar-refractivity contribution is 5.80. The topological polar surface area (TPSA) is 81.1 Å². The summed E-state index contributed by atoms with van der Waals surface area (Å²) in [4.78, 5) is 11.1. The van der Waals surface area contributed by atoms with Gasteiger partial charge in [-0.2, -0.15) is 0 Å². The molecule has 0 saturated carbocycles. The molecule has 1 aromatic rings. The van der Waals surface area contributed by atoms with Crippen molar-refractivity contribution < 1.29 is 4.79 Å². The first kappa shape index (κ1) is 11.5. The quantitative estimate of drug-likeness (QED) is 0.620. The van der Waals surface area contributed by atoms with E-state index >= 15 is 0 Å². The molecule has 1 amide bonds. The fourth-order valence-electron chi connectivity index (χ4n) is 1.18. The Hall–Kier alpha value is -1.55. The van der Waals surface area contributed by atoms with E-state index in [1.165, 1.54) is 0 Å². The van der Waals surface area contributed by atoms with Gasteiger partial charge in [-0.05, 0) is 31.0 Å². The van der Waals surface area contributed by atoms with Crippen LogP contribution in [0.5, 0.6) is 0 Å². The van der Waals surface area contributed by atoms with E-state index in [0.717, 1.165) is 17.7 Å². The molecule has 15 heavy (non-hydrogen) atoms. The molecule has 0 aliphatic heterocycles. The van der Waals surface area contributed by atoms with E-state index in [-0.39, 0.29) is 5.91 Å². The van der Waals surface area contributed by atoms with Crippen LogP contribution >= 0.6 is 0 Å². The highest BCUT2D eigenvalue weighted by Gasteiger charge is 2.05. The number of anilines is 1. The van der Waals surface area contributed by atoms with Crippen LogP contribution in [0.1, 0.15) is 12.5 Å². The van der Waals surface area contributed by atoms with Crippen LogP contribution in [-0.2, 0) is 11.2 Å². The maximum Gasteiger partial charge on any atom is 0.236 e. The Bertz CT molecular complexity index is 319. The number of hydrogen-bond donors (Lipinski definition) is 3. The van der Waals surface area contributed by atoms with E-state index in [4.69, 9.17) is 11.5 Å². The van der Waals surface area contributed by atoms with Gasteiger partial charge in [-0.3, -0.25) is 4.79 Å². The van der Waals surface area contributed by atoms with Crippen LogP contribution in [-0.4, -0.2) is 18.5 Å². The van der Waals surface area contributed by atoms with Crippen LogP contribution in [0.2, 0.25) is 0 Å². The summed E-state index contributed by atoms with van der Waals surface area (Å²) in [6, 6.07) is 7.16. The van der Waals surface area contributed by atoms with Crippen molar-refractivity contribution in [1.29, 1.82) is 0 Å². The number of rotatable bonds is 4. The number of carbonyl (C=O) groups excluding carboxylic acids is 1. The van der Waals surface area contributed by atoms with Gasteiger partial charge in [0.15, 0.2) is 0 Å². The highest BCUT2D eigenvalue weighted by atomic mass is 16.2. The molecule has 0 spiro atoms. The number of nitrogens with one attached hydrogen (secondary N) is 1. The number of benzene rings is 1. The Balaban J connectivity index is 2.32. The second-order valence-electron chi connectivity index (χ2n) is 3.57. The van der Waals surface area contributed by atoms with Gasteiger partial charge in [0.25, 0.3) is 0 Å². The lowest BCUT2D eigenvalue weighted by Crippen LogP contribution is -2.39. The Morgan fingerprint density at radius 1 is 1.40 bits per heavy atom. The molecule has 1 rings (SSSR count). The van der Waals surface area contributed by atoms with Crippen molar-refractivity contribution in [2.75, 3.05) is 12.3 Å². The SMILES string of the molecule is CC(N)C(=O)NCCc1ccc(N)cc1. The van der Waals surface area contributed by atoms with E-state index in [0.29, 0.717) is 6.54 Å². The number of carbonyl (C=O) groups is 1. The fourth-order valence-corrected chi connectivity index (χ4v) is 1.18. The molecule has 1 atom stereocenters. The smallest absolute Gasteiger partial charge is 0.236 e. The molecule has 0 radical (unpaired) electrons. The van der Waals surface area contributed by atoms with Crippen LogP contribution in [0.4, 0.5) is 5.69 Å². The van der Waals surface area contributed by atoms with Gasteiger partial charge in [0.05, 0.1) is 6.04 Å². The zero-order chi connectivity index (χ0) is 11.3. The summed E-state index contributed by atoms with van der Waals surface area (Å²) < 4.78 is 0. The van der Waals surface area contributed by atoms with Gasteiger partial charge in [0, 0.05) is 12.2 Å². The Kier molecular flexibility index (Phi) is 4.12. The van der Waals surface area contributed by atoms with Gasteiger partial charge in [-0.1, -0.05) is 12.1 Å². The van der Waals surface area contributed by atoms with Crippen LogP contribution < -0.4 is 16.8 Å². The number of amides is 1. The lowest BCUT2D eigenvalue weighted by Gasteiger charge is -2.07. The molecule has 0 aliphatic rings. The van der Waals surface area contributed by atoms with Gasteiger partial charge in [-0.15, -0.1) is 0 Å². The molecule has 1 aromatic carbocycles. The van der Waals surface area contributed by atoms with Crippen molar-refractivity contribution in [2.24, 2.45) is 5.73 Å². The molecule has 4 nitrogen and oxygen atoms in total. The van der Waals surface area contributed by atoms with Crippen molar-refractivity contribution in [2.45, 2.75) is 19.4 Å². The summed E-state index contributed by atoms with van der Waals surface area (Å²) in [6.07, 6.45) is 0.790. The van der Waals surface area contributed by atoms with Gasteiger partial charge >= 0.3 is 0 Å². The third-order valence-corrected chi connectivity index (χ3v) is 2.11. The molecule has 82 valence electrons. The van der Waals surface area contributed by atoms with Crippen molar-refractivity contribution in [3.8, 4) is 0 Å². The van der Waals surface area contributed by atoms with E-state index in [1.807, 2.05) is 24.3 Å². The minimum Gasteiger partial charge on any atom is -0.399 e. The molecular formula is C11H17N3O. The molecule has 0 bridgehead atoms. The lowest BCUT2D eigenvalue weighted by molar-refractivity contribution is -0.121. The first-order valence-electron chi connectivity index (χ1n) is 4.97. The van der Waals surface area contributed by atoms with Crippen molar-refractivity contribution in [3.05, 3.63) is 29.8 Å². The molecular weight excluding hydrogens is 190 g/mol. The van der Waals surface area contributed by atoms with Gasteiger partial charge in [0.2, 0.25) is 5.91 Å². The number of nitrogens with two attached hydrogens (primary N) is 2. The fraction of sp³-hybridized carbons (Fsp3) is 0.364. The van der Waals surface area contributed by atoms with Crippen LogP contribution in [0, 0.1) is 0 Å². The first-order chi connectivity index (χ1) is 7.09. The average molecular weight is 207 g/mol. The Morgan fingerprint density at radius 3 is 2.53 bits per heavy atom. The third kappa shape index (κ3) is 3.99. The first-order valence-corrected chi connectivity index (χ1v) is 4.97. The van der Waals surface area contributed by atoms with Crippen molar-refractivity contribution in [1.82, 2.24) is 5.32 Å². The predicted octanol–water partition coefficient (Wildman–Crippen LogP) is 0.275. The van der Waals surface area contributed by atoms with E-state index < -0.39 is 6.04 Å². The Morgan fingerprint density at radius 2 is 2.00 bits per heavy atom. The van der Waals surface area contributed by atoms with E-state index in [2.05, 4.69) is 5.32 Å². The Labute approximate surface area is 89.6 Å². The molecule has 0 heterocycles. The maximum atomic E-state index is 11.1. The van der Waals surface area contributed by atoms with Crippen molar-refractivity contribution in [3.63, 3.8) is 0 Å². The molecule has 0 aromatic heterocycles. The summed E-state index contributed by atoms with van der Waals surface area (Å²) in [7, 11) is 0. The minimum atomic E-state index is -0.448. The van der Waals surface area contributed by atoms with E-state index in [9.17, 15) is 4.79 Å². The zero-order valence-electron chi connectivity index (χ0n) is 8.86. The zero-order valence-corrected chi connectivity index (χ0v) is 8.86. The summed E-state index contributed by atoms with van der Waals surface area (Å²) in [5.74, 6) is -0.120. The monoisotopic (exact) mass is 207 g/mol. The second-order valence-corrected chi connectivity index (χ2v) is 3.57.